The van der Waals surface area contributed by atoms with Crippen molar-refractivity contribution in [3.05, 3.63) is 12.2 Å². The molecule has 0 saturated carbocycles. The molecule has 0 aromatic carbocycles. The van der Waals surface area contributed by atoms with Crippen LogP contribution in [-0.2, 0) is 0 Å². The van der Waals surface area contributed by atoms with E-state index in [4.69, 9.17) is 10.8 Å². The summed E-state index contributed by atoms with van der Waals surface area (Å²) in [6.07, 6.45) is 32.7. The maximum absolute atomic E-state index is 9.85. The van der Waals surface area contributed by atoms with Gasteiger partial charge in [-0.05, 0) is 25.7 Å². The Morgan fingerprint density at radius 2 is 0.912 bits per heavy atom. The highest BCUT2D eigenvalue weighted by molar-refractivity contribution is 4.81. The van der Waals surface area contributed by atoms with Gasteiger partial charge in [0.1, 0.15) is 0 Å². The number of hydrogen-bond donors (Lipinski definition) is 4. The fourth-order valence-corrected chi connectivity index (χ4v) is 4.57. The van der Waals surface area contributed by atoms with Gasteiger partial charge in [-0.1, -0.05) is 141 Å². The van der Waals surface area contributed by atoms with Gasteiger partial charge in [-0.15, -0.1) is 0 Å². The Bertz CT molecular complexity index is 416. The van der Waals surface area contributed by atoms with Crippen molar-refractivity contribution in [3.8, 4) is 0 Å². The second-order valence-corrected chi connectivity index (χ2v) is 10.5. The van der Waals surface area contributed by atoms with E-state index in [9.17, 15) is 10.2 Å². The molecule has 0 aliphatic carbocycles. The van der Waals surface area contributed by atoms with Crippen molar-refractivity contribution in [1.29, 1.82) is 0 Å². The van der Waals surface area contributed by atoms with Crippen molar-refractivity contribution in [2.45, 2.75) is 173 Å². The van der Waals surface area contributed by atoms with E-state index in [0.717, 1.165) is 12.8 Å². The Kier molecular flexibility index (Phi) is 26.8. The first-order valence-electron chi connectivity index (χ1n) is 15.0. The van der Waals surface area contributed by atoms with E-state index in [1.807, 2.05) is 0 Å². The molecule has 0 radical (unpaired) electrons. The summed E-state index contributed by atoms with van der Waals surface area (Å²) in [7, 11) is 0. The molecular formula is C30H61NO3. The summed E-state index contributed by atoms with van der Waals surface area (Å²) in [5.74, 6) is 0. The summed E-state index contributed by atoms with van der Waals surface area (Å²) >= 11 is 0. The zero-order chi connectivity index (χ0) is 25.1. The van der Waals surface area contributed by atoms with E-state index in [0.29, 0.717) is 6.42 Å². The highest BCUT2D eigenvalue weighted by Crippen LogP contribution is 2.15. The van der Waals surface area contributed by atoms with Crippen molar-refractivity contribution in [2.24, 2.45) is 5.73 Å². The van der Waals surface area contributed by atoms with Gasteiger partial charge in [0.05, 0.1) is 24.9 Å². The predicted octanol–water partition coefficient (Wildman–Crippen LogP) is 7.58. The highest BCUT2D eigenvalue weighted by atomic mass is 16.3. The van der Waals surface area contributed by atoms with Gasteiger partial charge in [0.15, 0.2) is 0 Å². The Balaban J connectivity index is 3.17. The zero-order valence-electron chi connectivity index (χ0n) is 22.8. The topological polar surface area (TPSA) is 86.7 Å². The minimum absolute atomic E-state index is 0.296. The van der Waals surface area contributed by atoms with Crippen molar-refractivity contribution in [3.63, 3.8) is 0 Å². The lowest BCUT2D eigenvalue weighted by atomic mass is 10.00. The highest BCUT2D eigenvalue weighted by Gasteiger charge is 2.22. The number of aliphatic hydroxyl groups excluding tert-OH is 3. The molecule has 34 heavy (non-hydrogen) atoms. The minimum atomic E-state index is -1.02. The first-order valence-corrected chi connectivity index (χ1v) is 15.0. The molecule has 0 spiro atoms. The maximum atomic E-state index is 9.85. The van der Waals surface area contributed by atoms with Crippen LogP contribution in [0.2, 0.25) is 0 Å². The van der Waals surface area contributed by atoms with Gasteiger partial charge in [0.2, 0.25) is 0 Å². The molecule has 0 aliphatic rings. The maximum Gasteiger partial charge on any atom is 0.0971 e. The van der Waals surface area contributed by atoms with Crippen molar-refractivity contribution >= 4 is 0 Å². The summed E-state index contributed by atoms with van der Waals surface area (Å²) in [6, 6.07) is -0.748. The lowest BCUT2D eigenvalue weighted by molar-refractivity contribution is -0.0121. The van der Waals surface area contributed by atoms with E-state index >= 15 is 0 Å². The minimum Gasteiger partial charge on any atom is -0.395 e. The van der Waals surface area contributed by atoms with E-state index in [1.54, 1.807) is 0 Å². The largest absolute Gasteiger partial charge is 0.395 e. The number of rotatable bonds is 27. The standard InChI is InChI=1S/C30H61NO3/c1-2-3-4-5-6-7-8-9-10-11-12-13-14-15-16-17-18-19-20-21-22-23-24-25-26-29(33)30(34)28(31)27-32/h5-6,28-30,32-34H,2-4,7-27,31H2,1H3. The SMILES string of the molecule is CCCCC=CCCCCCCCCCCCCCCCCCCCCC(O)C(O)C(N)CO. The van der Waals surface area contributed by atoms with Crippen LogP contribution in [0.25, 0.3) is 0 Å². The lowest BCUT2D eigenvalue weighted by Gasteiger charge is -2.22. The quantitative estimate of drug-likeness (QED) is 0.0716. The van der Waals surface area contributed by atoms with Gasteiger partial charge in [-0.2, -0.15) is 0 Å². The normalized spacial score (nSPS) is 14.6. The van der Waals surface area contributed by atoms with Crippen LogP contribution in [0.15, 0.2) is 12.2 Å². The third kappa shape index (κ3) is 23.3. The molecule has 0 saturated heterocycles. The molecule has 0 heterocycles. The molecular weight excluding hydrogens is 422 g/mol. The summed E-state index contributed by atoms with van der Waals surface area (Å²) in [5, 5.41) is 28.5. The first kappa shape index (κ1) is 33.6. The van der Waals surface area contributed by atoms with Crippen molar-refractivity contribution < 1.29 is 15.3 Å². The van der Waals surface area contributed by atoms with E-state index in [-0.39, 0.29) is 6.61 Å². The van der Waals surface area contributed by atoms with Crippen LogP contribution in [0.5, 0.6) is 0 Å². The van der Waals surface area contributed by atoms with Gasteiger partial charge in [0, 0.05) is 0 Å². The second-order valence-electron chi connectivity index (χ2n) is 10.5. The van der Waals surface area contributed by atoms with Crippen LogP contribution in [-0.4, -0.2) is 40.2 Å². The smallest absolute Gasteiger partial charge is 0.0971 e. The number of hydrogen-bond acceptors (Lipinski definition) is 4. The number of nitrogens with two attached hydrogens (primary N) is 1. The molecule has 0 aromatic rings. The van der Waals surface area contributed by atoms with Crippen LogP contribution in [0.4, 0.5) is 0 Å². The van der Waals surface area contributed by atoms with Crippen molar-refractivity contribution in [2.75, 3.05) is 6.61 Å². The molecule has 3 atom stereocenters. The Labute approximate surface area is 212 Å². The molecule has 3 unspecified atom stereocenters. The Morgan fingerprint density at radius 3 is 1.29 bits per heavy atom. The zero-order valence-corrected chi connectivity index (χ0v) is 22.8. The summed E-state index contributed by atoms with van der Waals surface area (Å²) in [4.78, 5) is 0. The molecule has 204 valence electrons. The van der Waals surface area contributed by atoms with Gasteiger partial charge in [-0.25, -0.2) is 0 Å². The predicted molar refractivity (Wildman–Crippen MR) is 148 cm³/mol. The van der Waals surface area contributed by atoms with Crippen LogP contribution in [0.1, 0.15) is 155 Å². The molecule has 5 N–H and O–H groups in total. The van der Waals surface area contributed by atoms with E-state index in [2.05, 4.69) is 19.1 Å². The summed E-state index contributed by atoms with van der Waals surface area (Å²) in [5.41, 5.74) is 5.55. The fraction of sp³-hybridized carbons (Fsp3) is 0.933. The molecule has 0 rings (SSSR count). The lowest BCUT2D eigenvalue weighted by Crippen LogP contribution is -2.45. The molecule has 0 fully saturated rings. The summed E-state index contributed by atoms with van der Waals surface area (Å²) in [6.45, 7) is 1.96. The average Bonchev–Trinajstić information content (AvgIpc) is 2.85. The van der Waals surface area contributed by atoms with Crippen LogP contribution >= 0.6 is 0 Å². The average molecular weight is 484 g/mol. The number of unbranched alkanes of at least 4 members (excludes halogenated alkanes) is 20. The van der Waals surface area contributed by atoms with Crippen LogP contribution in [0, 0.1) is 0 Å². The third-order valence-electron chi connectivity index (χ3n) is 7.06. The second kappa shape index (κ2) is 27.2. The van der Waals surface area contributed by atoms with Gasteiger partial charge in [0.25, 0.3) is 0 Å². The third-order valence-corrected chi connectivity index (χ3v) is 7.06. The van der Waals surface area contributed by atoms with E-state index < -0.39 is 18.2 Å². The fourth-order valence-electron chi connectivity index (χ4n) is 4.57. The van der Waals surface area contributed by atoms with Crippen molar-refractivity contribution in [1.82, 2.24) is 0 Å². The van der Waals surface area contributed by atoms with Gasteiger partial charge >= 0.3 is 0 Å². The van der Waals surface area contributed by atoms with E-state index in [1.165, 1.54) is 128 Å². The molecule has 4 nitrogen and oxygen atoms in total. The Hall–Kier alpha value is -0.420. The molecule has 0 amide bonds. The molecule has 0 aromatic heterocycles. The van der Waals surface area contributed by atoms with Crippen LogP contribution in [0.3, 0.4) is 0 Å². The van der Waals surface area contributed by atoms with Gasteiger partial charge in [-0.3, -0.25) is 0 Å². The Morgan fingerprint density at radius 1 is 0.559 bits per heavy atom. The number of aliphatic hydroxyl groups is 3. The molecule has 0 bridgehead atoms. The van der Waals surface area contributed by atoms with Crippen LogP contribution < -0.4 is 5.73 Å². The molecule has 0 aliphatic heterocycles. The summed E-state index contributed by atoms with van der Waals surface area (Å²) < 4.78 is 0. The molecule has 4 heteroatoms. The van der Waals surface area contributed by atoms with Gasteiger partial charge < -0.3 is 21.1 Å². The monoisotopic (exact) mass is 483 g/mol. The number of allylic oxidation sites excluding steroid dienone is 2. The first-order chi connectivity index (χ1) is 16.6.